The molecule has 0 saturated carbocycles. The van der Waals surface area contributed by atoms with Gasteiger partial charge in [0.2, 0.25) is 5.88 Å². The van der Waals surface area contributed by atoms with Gasteiger partial charge in [-0.05, 0) is 26.0 Å². The normalized spacial score (nSPS) is 11.9. The Hall–Kier alpha value is -3.50. The number of hydrogen-bond acceptors (Lipinski definition) is 6. The van der Waals surface area contributed by atoms with E-state index in [9.17, 15) is 13.2 Å². The van der Waals surface area contributed by atoms with Gasteiger partial charge in [-0.2, -0.15) is 17.7 Å². The second-order valence-corrected chi connectivity index (χ2v) is 5.76. The van der Waals surface area contributed by atoms with Gasteiger partial charge in [0.25, 0.3) is 5.82 Å². The lowest BCUT2D eigenvalue weighted by Gasteiger charge is -2.12. The highest BCUT2D eigenvalue weighted by atomic mass is 19.4. The molecule has 0 amide bonds. The Kier molecular flexibility index (Phi) is 3.79. The molecule has 0 radical (unpaired) electrons. The van der Waals surface area contributed by atoms with E-state index in [1.807, 2.05) is 0 Å². The first-order chi connectivity index (χ1) is 12.8. The van der Waals surface area contributed by atoms with Crippen LogP contribution in [0.3, 0.4) is 0 Å². The van der Waals surface area contributed by atoms with Crippen molar-refractivity contribution in [1.29, 1.82) is 0 Å². The summed E-state index contributed by atoms with van der Waals surface area (Å²) in [5.74, 6) is -0.790. The van der Waals surface area contributed by atoms with Crippen LogP contribution in [0.2, 0.25) is 0 Å². The van der Waals surface area contributed by atoms with Gasteiger partial charge in [-0.15, -0.1) is 20.4 Å². The third-order valence-electron chi connectivity index (χ3n) is 4.02. The molecule has 11 heteroatoms. The summed E-state index contributed by atoms with van der Waals surface area (Å²) in [5, 5.41) is 18.4. The summed E-state index contributed by atoms with van der Waals surface area (Å²) in [7, 11) is 0. The lowest BCUT2D eigenvalue weighted by molar-refractivity contribution is -0.146. The molecule has 0 aliphatic rings. The van der Waals surface area contributed by atoms with Gasteiger partial charge in [-0.3, -0.25) is 0 Å². The predicted molar refractivity (Wildman–Crippen MR) is 86.7 cm³/mol. The third-order valence-corrected chi connectivity index (χ3v) is 4.02. The number of ether oxygens (including phenoxy) is 1. The number of nitrogens with zero attached hydrogens (tertiary/aromatic N) is 7. The highest BCUT2D eigenvalue weighted by Crippen LogP contribution is 2.32. The maximum atomic E-state index is 13.1. The molecule has 27 heavy (non-hydrogen) atoms. The molecular formula is C16H12F3N7O. The Bertz CT molecular complexity index is 1120. The molecule has 0 unspecified atom stereocenters. The maximum Gasteiger partial charge on any atom is 0.453 e. The molecule has 3 aromatic heterocycles. The number of aromatic nitrogens is 7. The zero-order chi connectivity index (χ0) is 19.2. The number of hydrogen-bond donors (Lipinski definition) is 0. The Morgan fingerprint density at radius 3 is 2.59 bits per heavy atom. The molecule has 8 nitrogen and oxygen atoms in total. The molecule has 1 aromatic carbocycles. The molecule has 4 rings (SSSR count). The van der Waals surface area contributed by atoms with E-state index in [1.165, 1.54) is 10.9 Å². The summed E-state index contributed by atoms with van der Waals surface area (Å²) in [6, 6.07) is 6.86. The molecule has 0 spiro atoms. The first-order valence-electron chi connectivity index (χ1n) is 7.79. The minimum atomic E-state index is -4.68. The molecule has 0 fully saturated rings. The standard InChI is InChI=1S/C16H12F3N7O/c1-9-10(2)14(23-26-13(9)21-22-15(26)16(17,18)19)27-12-5-3-4-11(8-12)25-7-6-20-24-25/h3-8H,1-2H3. The van der Waals surface area contributed by atoms with Gasteiger partial charge in [0.15, 0.2) is 5.65 Å². The molecule has 0 atom stereocenters. The van der Waals surface area contributed by atoms with Crippen molar-refractivity contribution in [2.24, 2.45) is 0 Å². The fourth-order valence-electron chi connectivity index (χ4n) is 2.52. The van der Waals surface area contributed by atoms with Crippen molar-refractivity contribution >= 4 is 5.65 Å². The summed E-state index contributed by atoms with van der Waals surface area (Å²) in [6.45, 7) is 3.33. The molecule has 0 aliphatic heterocycles. The molecule has 3 heterocycles. The monoisotopic (exact) mass is 375 g/mol. The summed E-state index contributed by atoms with van der Waals surface area (Å²) < 4.78 is 47.3. The van der Waals surface area contributed by atoms with Crippen LogP contribution in [0.25, 0.3) is 11.3 Å². The van der Waals surface area contributed by atoms with Crippen molar-refractivity contribution in [3.63, 3.8) is 0 Å². The predicted octanol–water partition coefficient (Wildman–Crippen LogP) is 3.13. The van der Waals surface area contributed by atoms with Crippen LogP contribution in [0, 0.1) is 13.8 Å². The maximum absolute atomic E-state index is 13.1. The van der Waals surface area contributed by atoms with Crippen LogP contribution in [0.5, 0.6) is 11.6 Å². The third kappa shape index (κ3) is 2.96. The van der Waals surface area contributed by atoms with Crippen molar-refractivity contribution in [3.05, 3.63) is 53.6 Å². The van der Waals surface area contributed by atoms with Crippen LogP contribution >= 0.6 is 0 Å². The summed E-state index contributed by atoms with van der Waals surface area (Å²) in [6.07, 6.45) is -1.49. The number of rotatable bonds is 3. The summed E-state index contributed by atoms with van der Waals surface area (Å²) in [4.78, 5) is 0. The lowest BCUT2D eigenvalue weighted by atomic mass is 10.2. The smallest absolute Gasteiger partial charge is 0.437 e. The van der Waals surface area contributed by atoms with E-state index in [-0.39, 0.29) is 11.5 Å². The SMILES string of the molecule is Cc1c(Oc2cccc(-n3ccnn3)c2)nn2c(C(F)(F)F)nnc2c1C. The van der Waals surface area contributed by atoms with E-state index in [0.717, 1.165) is 0 Å². The van der Waals surface area contributed by atoms with Crippen molar-refractivity contribution in [3.8, 4) is 17.3 Å². The van der Waals surface area contributed by atoms with Gasteiger partial charge in [-0.25, -0.2) is 4.68 Å². The van der Waals surface area contributed by atoms with Gasteiger partial charge in [0.1, 0.15) is 5.75 Å². The van der Waals surface area contributed by atoms with Crippen LogP contribution in [0.4, 0.5) is 13.2 Å². The molecule has 4 aromatic rings. The van der Waals surface area contributed by atoms with Crippen molar-refractivity contribution in [1.82, 2.24) is 34.8 Å². The number of halogens is 3. The Labute approximate surface area is 150 Å². The van der Waals surface area contributed by atoms with Gasteiger partial charge in [-0.1, -0.05) is 11.3 Å². The van der Waals surface area contributed by atoms with Crippen LogP contribution in [-0.4, -0.2) is 34.8 Å². The van der Waals surface area contributed by atoms with E-state index in [0.29, 0.717) is 27.1 Å². The number of aryl methyl sites for hydroxylation is 1. The minimum Gasteiger partial charge on any atom is -0.437 e. The lowest BCUT2D eigenvalue weighted by Crippen LogP contribution is -2.13. The number of fused-ring (bicyclic) bond motifs is 1. The largest absolute Gasteiger partial charge is 0.453 e. The van der Waals surface area contributed by atoms with Crippen LogP contribution in [-0.2, 0) is 6.18 Å². The van der Waals surface area contributed by atoms with Gasteiger partial charge in [0, 0.05) is 17.2 Å². The molecule has 0 aliphatic carbocycles. The molecule has 0 saturated heterocycles. The van der Waals surface area contributed by atoms with Crippen LogP contribution in [0.1, 0.15) is 17.0 Å². The minimum absolute atomic E-state index is 0.0287. The van der Waals surface area contributed by atoms with E-state index >= 15 is 0 Å². The van der Waals surface area contributed by atoms with E-state index in [4.69, 9.17) is 4.74 Å². The quantitative estimate of drug-likeness (QED) is 0.547. The van der Waals surface area contributed by atoms with E-state index in [1.54, 1.807) is 44.3 Å². The van der Waals surface area contributed by atoms with E-state index < -0.39 is 12.0 Å². The average Bonchev–Trinajstić information content (AvgIpc) is 3.29. The Balaban J connectivity index is 1.78. The molecular weight excluding hydrogens is 363 g/mol. The second-order valence-electron chi connectivity index (χ2n) is 5.76. The number of alkyl halides is 3. The first kappa shape index (κ1) is 16.9. The van der Waals surface area contributed by atoms with Crippen molar-refractivity contribution < 1.29 is 17.9 Å². The van der Waals surface area contributed by atoms with Gasteiger partial charge >= 0.3 is 6.18 Å². The molecule has 138 valence electrons. The fourth-order valence-corrected chi connectivity index (χ4v) is 2.52. The van der Waals surface area contributed by atoms with Crippen molar-refractivity contribution in [2.45, 2.75) is 20.0 Å². The average molecular weight is 375 g/mol. The number of benzene rings is 1. The fraction of sp³-hybridized carbons (Fsp3) is 0.188. The Morgan fingerprint density at radius 1 is 1.07 bits per heavy atom. The molecule has 0 N–H and O–H groups in total. The second kappa shape index (κ2) is 6.04. The first-order valence-corrected chi connectivity index (χ1v) is 7.79. The van der Waals surface area contributed by atoms with Gasteiger partial charge < -0.3 is 4.74 Å². The molecule has 0 bridgehead atoms. The van der Waals surface area contributed by atoms with Gasteiger partial charge in [0.05, 0.1) is 18.1 Å². The van der Waals surface area contributed by atoms with Crippen LogP contribution in [0.15, 0.2) is 36.7 Å². The van der Waals surface area contributed by atoms with Crippen molar-refractivity contribution in [2.75, 3.05) is 0 Å². The van der Waals surface area contributed by atoms with Crippen LogP contribution < -0.4 is 4.74 Å². The van der Waals surface area contributed by atoms with E-state index in [2.05, 4.69) is 25.6 Å². The Morgan fingerprint density at radius 2 is 1.89 bits per heavy atom. The zero-order valence-electron chi connectivity index (χ0n) is 14.1. The highest BCUT2D eigenvalue weighted by molar-refractivity contribution is 5.53. The summed E-state index contributed by atoms with van der Waals surface area (Å²) >= 11 is 0. The topological polar surface area (TPSA) is 83.0 Å². The highest BCUT2D eigenvalue weighted by Gasteiger charge is 2.38. The zero-order valence-corrected chi connectivity index (χ0v) is 14.1. The summed E-state index contributed by atoms with van der Waals surface area (Å²) in [5.41, 5.74) is 1.77.